The van der Waals surface area contributed by atoms with Crippen molar-refractivity contribution in [1.82, 2.24) is 9.97 Å². The molecule has 112 valence electrons. The molecule has 3 rings (SSSR count). The summed E-state index contributed by atoms with van der Waals surface area (Å²) in [6.45, 7) is 0. The first kappa shape index (κ1) is 15.0. The van der Waals surface area contributed by atoms with Crippen LogP contribution in [0.3, 0.4) is 0 Å². The summed E-state index contributed by atoms with van der Waals surface area (Å²) in [7, 11) is 0. The number of rotatable bonds is 3. The van der Waals surface area contributed by atoms with Gasteiger partial charge in [-0.1, -0.05) is 29.3 Å². The van der Waals surface area contributed by atoms with Crippen molar-refractivity contribution in [3.05, 3.63) is 60.9 Å². The van der Waals surface area contributed by atoms with Gasteiger partial charge < -0.3 is 10.1 Å². The van der Waals surface area contributed by atoms with Crippen molar-refractivity contribution in [2.75, 3.05) is 0 Å². The predicted octanol–water partition coefficient (Wildman–Crippen LogP) is 3.58. The van der Waals surface area contributed by atoms with Crippen molar-refractivity contribution in [2.45, 2.75) is 6.42 Å². The summed E-state index contributed by atoms with van der Waals surface area (Å²) in [5.74, 6) is -0.640. The van der Waals surface area contributed by atoms with Crippen LogP contribution in [-0.4, -0.2) is 21.0 Å². The summed E-state index contributed by atoms with van der Waals surface area (Å²) < 4.78 is 0.301. The number of H-pyrrole nitrogens is 1. The van der Waals surface area contributed by atoms with E-state index in [1.165, 1.54) is 6.07 Å². The molecule has 0 aliphatic rings. The lowest BCUT2D eigenvalue weighted by Crippen LogP contribution is -2.10. The Kier molecular flexibility index (Phi) is 3.90. The lowest BCUT2D eigenvalue weighted by Gasteiger charge is -2.03. The lowest BCUT2D eigenvalue weighted by molar-refractivity contribution is 0.0702. The average molecular weight is 355 g/mol. The van der Waals surface area contributed by atoms with Crippen molar-refractivity contribution >= 4 is 50.7 Å². The van der Waals surface area contributed by atoms with E-state index in [1.807, 2.05) is 0 Å². The van der Waals surface area contributed by atoms with Crippen LogP contribution in [0, 0.1) is 0 Å². The molecule has 0 amide bonds. The van der Waals surface area contributed by atoms with Crippen LogP contribution in [0.25, 0.3) is 10.2 Å². The van der Waals surface area contributed by atoms with Gasteiger partial charge in [-0.15, -0.1) is 11.3 Å². The molecule has 0 spiro atoms. The summed E-state index contributed by atoms with van der Waals surface area (Å²) in [5, 5.41) is 9.85. The number of carboxylic acid groups (broad SMARTS) is 1. The number of nitrogens with zero attached hydrogens (tertiary/aromatic N) is 1. The van der Waals surface area contributed by atoms with Crippen LogP contribution in [0.5, 0.6) is 0 Å². The summed E-state index contributed by atoms with van der Waals surface area (Å²) in [6.07, 6.45) is 0.361. The van der Waals surface area contributed by atoms with E-state index in [9.17, 15) is 9.59 Å². The molecule has 3 aromatic rings. The Morgan fingerprint density at radius 2 is 2.05 bits per heavy atom. The van der Waals surface area contributed by atoms with Gasteiger partial charge in [0, 0.05) is 6.42 Å². The Morgan fingerprint density at radius 3 is 2.73 bits per heavy atom. The molecule has 0 aliphatic heterocycles. The van der Waals surface area contributed by atoms with Gasteiger partial charge in [0.25, 0.3) is 5.56 Å². The standard InChI is InChI=1S/C14H8Cl2N2O3S/c15-7-2-1-6(3-8(7)16)4-11-17-9-5-10(14(20)21)22-12(9)13(19)18-11/h1-3,5H,4H2,(H,20,21)(H,17,18,19). The van der Waals surface area contributed by atoms with Crippen LogP contribution < -0.4 is 5.56 Å². The van der Waals surface area contributed by atoms with Crippen LogP contribution in [0.2, 0.25) is 10.0 Å². The number of carbonyl (C=O) groups is 1. The third-order valence-corrected chi connectivity index (χ3v) is 4.85. The SMILES string of the molecule is O=C(O)c1cc2nc(Cc3ccc(Cl)c(Cl)c3)[nH]c(=O)c2s1. The number of hydrogen-bond donors (Lipinski definition) is 2. The van der Waals surface area contributed by atoms with Crippen LogP contribution in [-0.2, 0) is 6.42 Å². The molecule has 8 heteroatoms. The molecular formula is C14H8Cl2N2O3S. The summed E-state index contributed by atoms with van der Waals surface area (Å²) >= 11 is 12.7. The smallest absolute Gasteiger partial charge is 0.345 e. The summed E-state index contributed by atoms with van der Waals surface area (Å²) in [6, 6.07) is 6.55. The number of halogens is 2. The highest BCUT2D eigenvalue weighted by Gasteiger charge is 2.13. The Balaban J connectivity index is 2.02. The molecule has 2 heterocycles. The van der Waals surface area contributed by atoms with Crippen LogP contribution in [0.4, 0.5) is 0 Å². The minimum Gasteiger partial charge on any atom is -0.477 e. The number of aromatic amines is 1. The van der Waals surface area contributed by atoms with E-state index in [0.29, 0.717) is 32.5 Å². The largest absolute Gasteiger partial charge is 0.477 e. The fourth-order valence-corrected chi connectivity index (χ4v) is 3.17. The van der Waals surface area contributed by atoms with Crippen molar-refractivity contribution in [3.63, 3.8) is 0 Å². The number of aromatic nitrogens is 2. The molecular weight excluding hydrogens is 347 g/mol. The van der Waals surface area contributed by atoms with E-state index in [1.54, 1.807) is 18.2 Å². The van der Waals surface area contributed by atoms with Gasteiger partial charge in [0.15, 0.2) is 0 Å². The molecule has 0 atom stereocenters. The molecule has 2 aromatic heterocycles. The topological polar surface area (TPSA) is 83.0 Å². The zero-order valence-electron chi connectivity index (χ0n) is 10.9. The number of hydrogen-bond acceptors (Lipinski definition) is 4. The van der Waals surface area contributed by atoms with E-state index in [2.05, 4.69) is 9.97 Å². The molecule has 22 heavy (non-hydrogen) atoms. The van der Waals surface area contributed by atoms with Gasteiger partial charge in [-0.2, -0.15) is 0 Å². The molecule has 2 N–H and O–H groups in total. The highest BCUT2D eigenvalue weighted by molar-refractivity contribution is 7.20. The lowest BCUT2D eigenvalue weighted by atomic mass is 10.1. The molecule has 0 radical (unpaired) electrons. The van der Waals surface area contributed by atoms with E-state index >= 15 is 0 Å². The van der Waals surface area contributed by atoms with Crippen molar-refractivity contribution < 1.29 is 9.90 Å². The number of carboxylic acids is 1. The fourth-order valence-electron chi connectivity index (χ4n) is 2.02. The summed E-state index contributed by atoms with van der Waals surface area (Å²) in [4.78, 5) is 30.0. The Morgan fingerprint density at radius 1 is 1.27 bits per heavy atom. The number of aromatic carboxylic acids is 1. The Hall–Kier alpha value is -1.89. The molecule has 0 unspecified atom stereocenters. The maximum atomic E-state index is 12.0. The average Bonchev–Trinajstić information content (AvgIpc) is 2.88. The zero-order valence-corrected chi connectivity index (χ0v) is 13.2. The Labute approximate surface area is 138 Å². The number of benzene rings is 1. The van der Waals surface area contributed by atoms with Crippen LogP contribution in [0.1, 0.15) is 21.1 Å². The predicted molar refractivity (Wildman–Crippen MR) is 86.5 cm³/mol. The molecule has 1 aromatic carbocycles. The number of thiophene rings is 1. The van der Waals surface area contributed by atoms with Gasteiger partial charge in [0.2, 0.25) is 0 Å². The highest BCUT2D eigenvalue weighted by atomic mass is 35.5. The van der Waals surface area contributed by atoms with Gasteiger partial charge in [-0.05, 0) is 23.8 Å². The monoisotopic (exact) mass is 354 g/mol. The van der Waals surface area contributed by atoms with Crippen molar-refractivity contribution in [3.8, 4) is 0 Å². The molecule has 0 saturated heterocycles. The molecule has 0 fully saturated rings. The molecule has 0 bridgehead atoms. The van der Waals surface area contributed by atoms with E-state index in [0.717, 1.165) is 16.9 Å². The normalized spacial score (nSPS) is 11.0. The van der Waals surface area contributed by atoms with Gasteiger partial charge in [-0.25, -0.2) is 9.78 Å². The van der Waals surface area contributed by atoms with E-state index < -0.39 is 5.97 Å². The minimum absolute atomic E-state index is 0.0830. The zero-order chi connectivity index (χ0) is 15.9. The maximum Gasteiger partial charge on any atom is 0.345 e. The van der Waals surface area contributed by atoms with Gasteiger partial charge in [-0.3, -0.25) is 4.79 Å². The van der Waals surface area contributed by atoms with Crippen molar-refractivity contribution in [2.24, 2.45) is 0 Å². The van der Waals surface area contributed by atoms with Gasteiger partial charge in [0.05, 0.1) is 15.6 Å². The molecule has 0 aliphatic carbocycles. The third-order valence-electron chi connectivity index (χ3n) is 3.00. The third kappa shape index (κ3) is 2.85. The molecule has 5 nitrogen and oxygen atoms in total. The quantitative estimate of drug-likeness (QED) is 0.752. The highest BCUT2D eigenvalue weighted by Crippen LogP contribution is 2.24. The minimum atomic E-state index is -1.08. The van der Waals surface area contributed by atoms with Crippen molar-refractivity contribution in [1.29, 1.82) is 0 Å². The van der Waals surface area contributed by atoms with Crippen LogP contribution >= 0.6 is 34.5 Å². The number of fused-ring (bicyclic) bond motifs is 1. The maximum absolute atomic E-state index is 12.0. The second kappa shape index (κ2) is 5.72. The fraction of sp³-hybridized carbons (Fsp3) is 0.0714. The number of nitrogens with one attached hydrogen (secondary N) is 1. The van der Waals surface area contributed by atoms with Crippen LogP contribution in [0.15, 0.2) is 29.1 Å². The van der Waals surface area contributed by atoms with E-state index in [4.69, 9.17) is 28.3 Å². The van der Waals surface area contributed by atoms with E-state index in [-0.39, 0.29) is 10.4 Å². The van der Waals surface area contributed by atoms with Gasteiger partial charge >= 0.3 is 5.97 Å². The first-order valence-electron chi connectivity index (χ1n) is 6.14. The van der Waals surface area contributed by atoms with Gasteiger partial charge in [0.1, 0.15) is 15.4 Å². The summed E-state index contributed by atoms with van der Waals surface area (Å²) in [5.41, 5.74) is 0.865. The first-order valence-corrected chi connectivity index (χ1v) is 7.71. The molecule has 0 saturated carbocycles. The second-order valence-electron chi connectivity index (χ2n) is 4.57. The first-order chi connectivity index (χ1) is 10.4. The second-order valence-corrected chi connectivity index (χ2v) is 6.43. The Bertz CT molecular complexity index is 949.